The van der Waals surface area contributed by atoms with Gasteiger partial charge in [0, 0.05) is 11.5 Å². The number of carbonyl (C=O) groups is 1. The molecule has 1 fully saturated rings. The lowest BCUT2D eigenvalue weighted by Gasteiger charge is -2.49. The third kappa shape index (κ3) is 2.74. The van der Waals surface area contributed by atoms with Crippen molar-refractivity contribution in [3.63, 3.8) is 0 Å². The van der Waals surface area contributed by atoms with Gasteiger partial charge in [-0.3, -0.25) is 0 Å². The summed E-state index contributed by atoms with van der Waals surface area (Å²) in [5.41, 5.74) is -1.06. The Balaban J connectivity index is 2.29. The van der Waals surface area contributed by atoms with E-state index in [4.69, 9.17) is 5.11 Å². The van der Waals surface area contributed by atoms with Crippen molar-refractivity contribution in [2.75, 3.05) is 0 Å². The zero-order valence-corrected chi connectivity index (χ0v) is 12.4. The number of carboxylic acid groups (broad SMARTS) is 1. The summed E-state index contributed by atoms with van der Waals surface area (Å²) in [7, 11) is -3.92. The fourth-order valence-corrected chi connectivity index (χ4v) is 3.64. The molecule has 7 nitrogen and oxygen atoms in total. The highest BCUT2D eigenvalue weighted by Gasteiger charge is 2.48. The summed E-state index contributed by atoms with van der Waals surface area (Å²) in [6.07, 6.45) is -0.282. The van der Waals surface area contributed by atoms with E-state index in [2.05, 4.69) is 4.72 Å². The molecule has 8 heteroatoms. The second-order valence-electron chi connectivity index (χ2n) is 5.73. The molecule has 0 saturated heterocycles. The summed E-state index contributed by atoms with van der Waals surface area (Å²) in [6, 6.07) is 2.63. The number of hydrogen-bond donors (Lipinski definition) is 4. The highest BCUT2D eigenvalue weighted by molar-refractivity contribution is 7.89. The lowest BCUT2D eigenvalue weighted by molar-refractivity contribution is -0.0645. The Labute approximate surface area is 122 Å². The molecule has 4 N–H and O–H groups in total. The molecular weight excluding hydrogens is 298 g/mol. The SMILES string of the molecule is CC1(C)C(O)CC1NS(=O)(=O)c1ccc(O)c(C(=O)O)c1. The Kier molecular flexibility index (Phi) is 3.73. The molecule has 1 aliphatic carbocycles. The third-order valence-electron chi connectivity index (χ3n) is 4.02. The molecule has 0 spiro atoms. The first-order valence-electron chi connectivity index (χ1n) is 6.32. The van der Waals surface area contributed by atoms with Gasteiger partial charge in [-0.05, 0) is 24.6 Å². The number of phenols is 1. The van der Waals surface area contributed by atoms with Crippen LogP contribution in [0.5, 0.6) is 5.75 Å². The molecule has 0 bridgehead atoms. The van der Waals surface area contributed by atoms with Crippen LogP contribution in [0.3, 0.4) is 0 Å². The first-order chi connectivity index (χ1) is 9.55. The zero-order valence-electron chi connectivity index (χ0n) is 11.6. The predicted molar refractivity (Wildman–Crippen MR) is 73.6 cm³/mol. The van der Waals surface area contributed by atoms with Crippen LogP contribution >= 0.6 is 0 Å². The number of aliphatic hydroxyl groups is 1. The van der Waals surface area contributed by atoms with Crippen LogP contribution in [0.15, 0.2) is 23.1 Å². The van der Waals surface area contributed by atoms with E-state index in [1.165, 1.54) is 0 Å². The quantitative estimate of drug-likeness (QED) is 0.642. The largest absolute Gasteiger partial charge is 0.507 e. The number of aromatic carboxylic acids is 1. The summed E-state index contributed by atoms with van der Waals surface area (Å²) >= 11 is 0. The molecule has 1 aromatic rings. The minimum atomic E-state index is -3.92. The molecule has 116 valence electrons. The molecule has 2 unspecified atom stereocenters. The van der Waals surface area contributed by atoms with Crippen LogP contribution in [0, 0.1) is 5.41 Å². The zero-order chi connectivity index (χ0) is 16.0. The average Bonchev–Trinajstić information content (AvgIpc) is 2.38. The van der Waals surface area contributed by atoms with E-state index >= 15 is 0 Å². The lowest BCUT2D eigenvalue weighted by Crippen LogP contribution is -2.61. The molecule has 2 atom stereocenters. The Bertz CT molecular complexity index is 682. The molecule has 1 aromatic carbocycles. The first kappa shape index (κ1) is 15.7. The van der Waals surface area contributed by atoms with Crippen LogP contribution in [0.4, 0.5) is 0 Å². The number of benzene rings is 1. The molecule has 0 heterocycles. The van der Waals surface area contributed by atoms with Gasteiger partial charge < -0.3 is 15.3 Å². The second-order valence-corrected chi connectivity index (χ2v) is 7.44. The van der Waals surface area contributed by atoms with Crippen LogP contribution in [-0.4, -0.2) is 41.9 Å². The van der Waals surface area contributed by atoms with Gasteiger partial charge in [0.1, 0.15) is 11.3 Å². The molecule has 1 saturated carbocycles. The Morgan fingerprint density at radius 1 is 1.38 bits per heavy atom. The molecule has 0 amide bonds. The van der Waals surface area contributed by atoms with Gasteiger partial charge in [-0.2, -0.15) is 0 Å². The molecule has 2 rings (SSSR count). The number of rotatable bonds is 4. The summed E-state index contributed by atoms with van der Waals surface area (Å²) in [4.78, 5) is 10.7. The molecule has 0 aliphatic heterocycles. The van der Waals surface area contributed by atoms with E-state index < -0.39 is 44.9 Å². The van der Waals surface area contributed by atoms with E-state index in [0.29, 0.717) is 6.42 Å². The molecular formula is C13H17NO6S. The van der Waals surface area contributed by atoms with Gasteiger partial charge in [-0.1, -0.05) is 13.8 Å². The number of carboxylic acids is 1. The second kappa shape index (κ2) is 4.97. The molecule has 0 aromatic heterocycles. The first-order valence-corrected chi connectivity index (χ1v) is 7.80. The number of hydrogen-bond acceptors (Lipinski definition) is 5. The summed E-state index contributed by atoms with van der Waals surface area (Å²) in [6.45, 7) is 3.49. The van der Waals surface area contributed by atoms with Crippen molar-refractivity contribution in [1.82, 2.24) is 4.72 Å². The van der Waals surface area contributed by atoms with E-state index in [1.54, 1.807) is 13.8 Å². The van der Waals surface area contributed by atoms with Gasteiger partial charge in [-0.25, -0.2) is 17.9 Å². The maximum atomic E-state index is 12.2. The minimum absolute atomic E-state index is 0.241. The maximum absolute atomic E-state index is 12.2. The standard InChI is InChI=1S/C13H17NO6S/c1-13(2)10(6-11(13)16)14-21(19,20)7-3-4-9(15)8(5-7)12(17)18/h3-5,10-11,14-16H,6H2,1-2H3,(H,17,18). The fourth-order valence-electron chi connectivity index (χ4n) is 2.21. The number of aliphatic hydroxyl groups excluding tert-OH is 1. The van der Waals surface area contributed by atoms with Gasteiger partial charge in [0.2, 0.25) is 10.0 Å². The van der Waals surface area contributed by atoms with Crippen molar-refractivity contribution in [2.45, 2.75) is 37.3 Å². The van der Waals surface area contributed by atoms with Crippen molar-refractivity contribution in [3.8, 4) is 5.75 Å². The Morgan fingerprint density at radius 2 is 2.00 bits per heavy atom. The van der Waals surface area contributed by atoms with Crippen molar-refractivity contribution in [1.29, 1.82) is 0 Å². The van der Waals surface area contributed by atoms with Crippen molar-refractivity contribution < 1.29 is 28.5 Å². The smallest absolute Gasteiger partial charge is 0.339 e. The van der Waals surface area contributed by atoms with Gasteiger partial charge in [0.05, 0.1) is 11.0 Å². The summed E-state index contributed by atoms with van der Waals surface area (Å²) < 4.78 is 27.0. The monoisotopic (exact) mass is 315 g/mol. The van der Waals surface area contributed by atoms with Crippen LogP contribution < -0.4 is 4.72 Å². The fraction of sp³-hybridized carbons (Fsp3) is 0.462. The van der Waals surface area contributed by atoms with E-state index in [9.17, 15) is 23.4 Å². The lowest BCUT2D eigenvalue weighted by atomic mass is 9.65. The van der Waals surface area contributed by atoms with Gasteiger partial charge in [-0.15, -0.1) is 0 Å². The van der Waals surface area contributed by atoms with Gasteiger partial charge >= 0.3 is 5.97 Å². The maximum Gasteiger partial charge on any atom is 0.339 e. The van der Waals surface area contributed by atoms with Crippen LogP contribution in [0.1, 0.15) is 30.6 Å². The minimum Gasteiger partial charge on any atom is -0.507 e. The number of sulfonamides is 1. The summed E-state index contributed by atoms with van der Waals surface area (Å²) in [5.74, 6) is -1.91. The van der Waals surface area contributed by atoms with E-state index in [0.717, 1.165) is 18.2 Å². The van der Waals surface area contributed by atoms with Crippen LogP contribution in [0.2, 0.25) is 0 Å². The van der Waals surface area contributed by atoms with E-state index in [-0.39, 0.29) is 4.90 Å². The topological polar surface area (TPSA) is 124 Å². The Hall–Kier alpha value is -1.64. The molecule has 21 heavy (non-hydrogen) atoms. The van der Waals surface area contributed by atoms with E-state index in [1.807, 2.05) is 0 Å². The highest BCUT2D eigenvalue weighted by atomic mass is 32.2. The number of aromatic hydroxyl groups is 1. The average molecular weight is 315 g/mol. The predicted octanol–water partition coefficient (Wildman–Crippen LogP) is 0.528. The number of nitrogens with one attached hydrogen (secondary N) is 1. The van der Waals surface area contributed by atoms with Crippen LogP contribution in [-0.2, 0) is 10.0 Å². The summed E-state index contributed by atoms with van der Waals surface area (Å²) in [5, 5.41) is 27.9. The van der Waals surface area contributed by atoms with Crippen molar-refractivity contribution in [3.05, 3.63) is 23.8 Å². The van der Waals surface area contributed by atoms with Crippen molar-refractivity contribution in [2.24, 2.45) is 5.41 Å². The van der Waals surface area contributed by atoms with Gasteiger partial charge in [0.25, 0.3) is 0 Å². The molecule has 1 aliphatic rings. The highest BCUT2D eigenvalue weighted by Crippen LogP contribution is 2.41. The normalized spacial score (nSPS) is 24.3. The van der Waals surface area contributed by atoms with Crippen molar-refractivity contribution >= 4 is 16.0 Å². The molecule has 0 radical (unpaired) electrons. The van der Waals surface area contributed by atoms with Gasteiger partial charge in [0.15, 0.2) is 0 Å². The third-order valence-corrected chi connectivity index (χ3v) is 5.49. The van der Waals surface area contributed by atoms with Crippen LogP contribution in [0.25, 0.3) is 0 Å². The Morgan fingerprint density at radius 3 is 2.48 bits per heavy atom.